The van der Waals surface area contributed by atoms with E-state index >= 15 is 0 Å². The van der Waals surface area contributed by atoms with E-state index in [2.05, 4.69) is 24.1 Å². The number of piperazine rings is 1. The first-order valence-corrected chi connectivity index (χ1v) is 6.23. The van der Waals surface area contributed by atoms with Gasteiger partial charge in [-0.05, 0) is 32.6 Å². The summed E-state index contributed by atoms with van der Waals surface area (Å²) in [6.45, 7) is 8.47. The zero-order chi connectivity index (χ0) is 10.0. The van der Waals surface area contributed by atoms with Gasteiger partial charge in [0.25, 0.3) is 0 Å². The molecule has 0 spiro atoms. The van der Waals surface area contributed by atoms with Crippen LogP contribution in [-0.4, -0.2) is 36.1 Å². The summed E-state index contributed by atoms with van der Waals surface area (Å²) in [5.74, 6) is 0. The highest BCUT2D eigenvalue weighted by Crippen LogP contribution is 2.37. The van der Waals surface area contributed by atoms with E-state index in [9.17, 15) is 0 Å². The summed E-state index contributed by atoms with van der Waals surface area (Å²) in [6, 6.07) is 0.756. The zero-order valence-electron chi connectivity index (χ0n) is 9.68. The lowest BCUT2D eigenvalue weighted by molar-refractivity contribution is 0.00900. The zero-order valence-corrected chi connectivity index (χ0v) is 9.68. The molecule has 14 heavy (non-hydrogen) atoms. The molecule has 1 unspecified atom stereocenters. The Balaban J connectivity index is 1.87. The van der Waals surface area contributed by atoms with Gasteiger partial charge in [0, 0.05) is 31.2 Å². The number of hydrogen-bond acceptors (Lipinski definition) is 2. The first kappa shape index (κ1) is 10.4. The molecule has 2 heteroatoms. The van der Waals surface area contributed by atoms with Crippen LogP contribution in [0.25, 0.3) is 0 Å². The summed E-state index contributed by atoms with van der Waals surface area (Å²) in [7, 11) is 0. The molecule has 0 radical (unpaired) electrons. The summed E-state index contributed by atoms with van der Waals surface area (Å²) in [6.07, 6.45) is 6.94. The smallest absolute Gasteiger partial charge is 0.0195 e. The molecule has 1 aliphatic carbocycles. The van der Waals surface area contributed by atoms with Gasteiger partial charge in [-0.15, -0.1) is 0 Å². The standard InChI is InChI=1S/C12H24N2/c1-3-5-11-10-14(9-8-13-11)12(2)6-4-7-12/h11,13H,3-10H2,1-2H3. The average molecular weight is 196 g/mol. The second-order valence-electron chi connectivity index (χ2n) is 5.24. The van der Waals surface area contributed by atoms with Crippen LogP contribution in [0, 0.1) is 0 Å². The third kappa shape index (κ3) is 1.96. The molecule has 0 aromatic carbocycles. The molecule has 0 aromatic heterocycles. The first-order chi connectivity index (χ1) is 6.74. The Labute approximate surface area is 88.1 Å². The SMILES string of the molecule is CCCC1CN(C2(C)CCC2)CCN1. The van der Waals surface area contributed by atoms with Crippen molar-refractivity contribution in [3.63, 3.8) is 0 Å². The van der Waals surface area contributed by atoms with Crippen LogP contribution in [0.1, 0.15) is 46.0 Å². The van der Waals surface area contributed by atoms with Crippen molar-refractivity contribution in [2.75, 3.05) is 19.6 Å². The van der Waals surface area contributed by atoms with E-state index in [1.165, 1.54) is 51.7 Å². The van der Waals surface area contributed by atoms with Gasteiger partial charge in [-0.25, -0.2) is 0 Å². The molecular weight excluding hydrogens is 172 g/mol. The topological polar surface area (TPSA) is 15.3 Å². The van der Waals surface area contributed by atoms with Crippen molar-refractivity contribution in [1.29, 1.82) is 0 Å². The minimum atomic E-state index is 0.564. The van der Waals surface area contributed by atoms with Crippen LogP contribution in [-0.2, 0) is 0 Å². The summed E-state index contributed by atoms with van der Waals surface area (Å²) >= 11 is 0. The third-order valence-electron chi connectivity index (χ3n) is 4.09. The van der Waals surface area contributed by atoms with Crippen molar-refractivity contribution in [3.05, 3.63) is 0 Å². The highest BCUT2D eigenvalue weighted by molar-refractivity contribution is 4.97. The van der Waals surface area contributed by atoms with Crippen molar-refractivity contribution in [1.82, 2.24) is 10.2 Å². The predicted octanol–water partition coefficient (Wildman–Crippen LogP) is 2.00. The largest absolute Gasteiger partial charge is 0.311 e. The lowest BCUT2D eigenvalue weighted by atomic mass is 9.76. The van der Waals surface area contributed by atoms with Gasteiger partial charge in [-0.1, -0.05) is 13.3 Å². The average Bonchev–Trinajstić information content (AvgIpc) is 2.15. The molecule has 2 rings (SSSR count). The van der Waals surface area contributed by atoms with Gasteiger partial charge < -0.3 is 5.32 Å². The molecule has 1 N–H and O–H groups in total. The Hall–Kier alpha value is -0.0800. The summed E-state index contributed by atoms with van der Waals surface area (Å²) in [5.41, 5.74) is 0.564. The maximum Gasteiger partial charge on any atom is 0.0195 e. The van der Waals surface area contributed by atoms with Gasteiger partial charge in [-0.2, -0.15) is 0 Å². The van der Waals surface area contributed by atoms with E-state index < -0.39 is 0 Å². The maximum atomic E-state index is 3.63. The number of rotatable bonds is 3. The lowest BCUT2D eigenvalue weighted by Crippen LogP contribution is -2.60. The normalized spacial score (nSPS) is 32.6. The molecule has 0 amide bonds. The van der Waals surface area contributed by atoms with Gasteiger partial charge >= 0.3 is 0 Å². The van der Waals surface area contributed by atoms with Crippen LogP contribution in [0.15, 0.2) is 0 Å². The van der Waals surface area contributed by atoms with Crippen LogP contribution in [0.5, 0.6) is 0 Å². The first-order valence-electron chi connectivity index (χ1n) is 6.23. The Kier molecular flexibility index (Phi) is 3.13. The van der Waals surface area contributed by atoms with E-state index in [1.807, 2.05) is 0 Å². The maximum absolute atomic E-state index is 3.63. The van der Waals surface area contributed by atoms with Gasteiger partial charge in [0.2, 0.25) is 0 Å². The summed E-state index contributed by atoms with van der Waals surface area (Å²) < 4.78 is 0. The van der Waals surface area contributed by atoms with Gasteiger partial charge in [-0.3, -0.25) is 4.90 Å². The summed E-state index contributed by atoms with van der Waals surface area (Å²) in [5, 5.41) is 3.63. The minimum absolute atomic E-state index is 0.564. The summed E-state index contributed by atoms with van der Waals surface area (Å²) in [4.78, 5) is 2.73. The van der Waals surface area contributed by atoms with Crippen molar-refractivity contribution in [3.8, 4) is 0 Å². The minimum Gasteiger partial charge on any atom is -0.311 e. The van der Waals surface area contributed by atoms with E-state index in [4.69, 9.17) is 0 Å². The molecule has 2 nitrogen and oxygen atoms in total. The molecule has 1 saturated heterocycles. The fourth-order valence-corrected chi connectivity index (χ4v) is 2.86. The molecule has 1 atom stereocenters. The van der Waals surface area contributed by atoms with Gasteiger partial charge in [0.15, 0.2) is 0 Å². The second kappa shape index (κ2) is 4.19. The fourth-order valence-electron chi connectivity index (χ4n) is 2.86. The van der Waals surface area contributed by atoms with Crippen molar-refractivity contribution >= 4 is 0 Å². The highest BCUT2D eigenvalue weighted by Gasteiger charge is 2.39. The number of hydrogen-bond donors (Lipinski definition) is 1. The van der Waals surface area contributed by atoms with Crippen LogP contribution in [0.3, 0.4) is 0 Å². The van der Waals surface area contributed by atoms with E-state index in [-0.39, 0.29) is 0 Å². The van der Waals surface area contributed by atoms with E-state index in [1.54, 1.807) is 0 Å². The van der Waals surface area contributed by atoms with E-state index in [0.717, 1.165) is 6.04 Å². The lowest BCUT2D eigenvalue weighted by Gasteiger charge is -2.51. The van der Waals surface area contributed by atoms with Crippen molar-refractivity contribution in [2.24, 2.45) is 0 Å². The van der Waals surface area contributed by atoms with Crippen molar-refractivity contribution in [2.45, 2.75) is 57.5 Å². The molecule has 0 bridgehead atoms. The fraction of sp³-hybridized carbons (Fsp3) is 1.00. The molecular formula is C12H24N2. The Morgan fingerprint density at radius 3 is 2.79 bits per heavy atom. The molecule has 1 saturated carbocycles. The molecule has 82 valence electrons. The van der Waals surface area contributed by atoms with Gasteiger partial charge in [0.1, 0.15) is 0 Å². The number of nitrogens with one attached hydrogen (secondary N) is 1. The molecule has 1 heterocycles. The van der Waals surface area contributed by atoms with Crippen LogP contribution in [0.2, 0.25) is 0 Å². The van der Waals surface area contributed by atoms with Crippen LogP contribution < -0.4 is 5.32 Å². The Morgan fingerprint density at radius 2 is 2.21 bits per heavy atom. The highest BCUT2D eigenvalue weighted by atomic mass is 15.3. The number of nitrogens with zero attached hydrogens (tertiary/aromatic N) is 1. The molecule has 0 aromatic rings. The molecule has 2 aliphatic rings. The predicted molar refractivity (Wildman–Crippen MR) is 60.5 cm³/mol. The third-order valence-corrected chi connectivity index (χ3v) is 4.09. The Morgan fingerprint density at radius 1 is 1.43 bits per heavy atom. The van der Waals surface area contributed by atoms with Crippen LogP contribution in [0.4, 0.5) is 0 Å². The second-order valence-corrected chi connectivity index (χ2v) is 5.24. The quantitative estimate of drug-likeness (QED) is 0.743. The van der Waals surface area contributed by atoms with E-state index in [0.29, 0.717) is 5.54 Å². The van der Waals surface area contributed by atoms with Crippen LogP contribution >= 0.6 is 0 Å². The van der Waals surface area contributed by atoms with Gasteiger partial charge in [0.05, 0.1) is 0 Å². The molecule has 1 aliphatic heterocycles. The van der Waals surface area contributed by atoms with Crippen molar-refractivity contribution < 1.29 is 0 Å². The Bertz CT molecular complexity index is 185. The molecule has 2 fully saturated rings. The monoisotopic (exact) mass is 196 g/mol.